The molecule has 3 amide bonds. The van der Waals surface area contributed by atoms with Crippen molar-refractivity contribution in [2.45, 2.75) is 12.8 Å². The highest BCUT2D eigenvalue weighted by molar-refractivity contribution is 6.25. The quantitative estimate of drug-likeness (QED) is 0.781. The van der Waals surface area contributed by atoms with Gasteiger partial charge in [0.2, 0.25) is 5.91 Å². The van der Waals surface area contributed by atoms with Crippen LogP contribution in [0.5, 0.6) is 0 Å². The lowest BCUT2D eigenvalue weighted by Gasteiger charge is -2.27. The van der Waals surface area contributed by atoms with E-state index in [0.717, 1.165) is 37.0 Å². The molecule has 0 bridgehead atoms. The number of fused-ring (bicyclic) bond motifs is 1. The van der Waals surface area contributed by atoms with Crippen molar-refractivity contribution in [2.24, 2.45) is 11.8 Å². The van der Waals surface area contributed by atoms with Gasteiger partial charge in [-0.25, -0.2) is 0 Å². The predicted molar refractivity (Wildman–Crippen MR) is 112 cm³/mol. The van der Waals surface area contributed by atoms with Gasteiger partial charge in [0, 0.05) is 55.7 Å². The van der Waals surface area contributed by atoms with E-state index in [9.17, 15) is 14.4 Å². The minimum absolute atomic E-state index is 0. The summed E-state index contributed by atoms with van der Waals surface area (Å²) < 4.78 is 0. The number of benzene rings is 2. The van der Waals surface area contributed by atoms with Gasteiger partial charge < -0.3 is 10.2 Å². The van der Waals surface area contributed by atoms with Crippen LogP contribution < -0.4 is 5.32 Å². The fourth-order valence-electron chi connectivity index (χ4n) is 4.89. The first-order chi connectivity index (χ1) is 13.6. The second-order valence-corrected chi connectivity index (χ2v) is 8.05. The number of halogens is 1. The number of carbonyl (C=O) groups is 3. The molecule has 2 aromatic carbocycles. The van der Waals surface area contributed by atoms with Crippen molar-refractivity contribution in [3.8, 4) is 0 Å². The third-order valence-corrected chi connectivity index (χ3v) is 6.37. The molecule has 152 valence electrons. The minimum atomic E-state index is -0.261. The van der Waals surface area contributed by atoms with E-state index in [-0.39, 0.29) is 36.7 Å². The molecule has 0 aromatic heterocycles. The van der Waals surface area contributed by atoms with E-state index < -0.39 is 0 Å². The van der Waals surface area contributed by atoms with E-state index in [2.05, 4.69) is 5.32 Å². The van der Waals surface area contributed by atoms with Crippen LogP contribution in [0, 0.1) is 11.8 Å². The monoisotopic (exact) mass is 413 g/mol. The number of amides is 3. The van der Waals surface area contributed by atoms with Gasteiger partial charge in [0.15, 0.2) is 0 Å². The highest BCUT2D eigenvalue weighted by Gasteiger charge is 2.38. The van der Waals surface area contributed by atoms with E-state index in [1.54, 1.807) is 12.1 Å². The predicted octanol–water partition coefficient (Wildman–Crippen LogP) is 2.32. The largest absolute Gasteiger partial charge is 0.342 e. The average molecular weight is 414 g/mol. The lowest BCUT2D eigenvalue weighted by atomic mass is 9.94. The third kappa shape index (κ3) is 3.30. The van der Waals surface area contributed by atoms with Crippen LogP contribution in [0.2, 0.25) is 0 Å². The summed E-state index contributed by atoms with van der Waals surface area (Å²) in [6.45, 7) is 3.92. The van der Waals surface area contributed by atoms with Gasteiger partial charge in [0.1, 0.15) is 0 Å². The van der Waals surface area contributed by atoms with E-state index in [1.807, 2.05) is 29.2 Å². The van der Waals surface area contributed by atoms with Crippen molar-refractivity contribution in [3.63, 3.8) is 0 Å². The normalized spacial score (nSPS) is 22.8. The number of carbonyl (C=O) groups excluding carboxylic acids is 3. The van der Waals surface area contributed by atoms with E-state index in [4.69, 9.17) is 0 Å². The second-order valence-electron chi connectivity index (χ2n) is 8.05. The molecule has 29 heavy (non-hydrogen) atoms. The fourth-order valence-corrected chi connectivity index (χ4v) is 4.89. The number of nitrogens with zero attached hydrogens (tertiary/aromatic N) is 2. The van der Waals surface area contributed by atoms with Crippen molar-refractivity contribution in [3.05, 3.63) is 47.5 Å². The molecule has 0 saturated carbocycles. The molecule has 2 aromatic rings. The van der Waals surface area contributed by atoms with Gasteiger partial charge in [-0.15, -0.1) is 12.4 Å². The van der Waals surface area contributed by atoms with Gasteiger partial charge in [0.05, 0.1) is 0 Å². The van der Waals surface area contributed by atoms with Crippen molar-refractivity contribution < 1.29 is 14.4 Å². The number of hydrogen-bond donors (Lipinski definition) is 1. The van der Waals surface area contributed by atoms with Crippen LogP contribution in [0.25, 0.3) is 10.8 Å². The number of hydrogen-bond acceptors (Lipinski definition) is 4. The lowest BCUT2D eigenvalue weighted by Crippen LogP contribution is -2.41. The van der Waals surface area contributed by atoms with Crippen molar-refractivity contribution in [1.29, 1.82) is 0 Å². The summed E-state index contributed by atoms with van der Waals surface area (Å²) in [6, 6.07) is 11.1. The lowest BCUT2D eigenvalue weighted by molar-refractivity contribution is -0.130. The minimum Gasteiger partial charge on any atom is -0.342 e. The molecule has 6 nitrogen and oxygen atoms in total. The molecule has 2 saturated heterocycles. The first kappa shape index (κ1) is 19.9. The van der Waals surface area contributed by atoms with Gasteiger partial charge in [-0.3, -0.25) is 19.3 Å². The highest BCUT2D eigenvalue weighted by atomic mass is 35.5. The van der Waals surface area contributed by atoms with Crippen molar-refractivity contribution in [2.75, 3.05) is 32.7 Å². The van der Waals surface area contributed by atoms with Crippen molar-refractivity contribution in [1.82, 2.24) is 15.1 Å². The Labute approximate surface area is 175 Å². The van der Waals surface area contributed by atoms with Crippen LogP contribution in [0.15, 0.2) is 36.4 Å². The third-order valence-electron chi connectivity index (χ3n) is 6.37. The number of likely N-dealkylation sites (tertiary alicyclic amines) is 1. The Bertz CT molecular complexity index is 930. The van der Waals surface area contributed by atoms with Crippen molar-refractivity contribution >= 4 is 40.9 Å². The summed E-state index contributed by atoms with van der Waals surface area (Å²) in [5.41, 5.74) is 1.14. The molecule has 1 N–H and O–H groups in total. The molecule has 5 rings (SSSR count). The highest BCUT2D eigenvalue weighted by Crippen LogP contribution is 2.30. The Kier molecular flexibility index (Phi) is 5.32. The maximum atomic E-state index is 12.9. The molecule has 0 spiro atoms. The van der Waals surface area contributed by atoms with Gasteiger partial charge in [-0.1, -0.05) is 24.3 Å². The summed E-state index contributed by atoms with van der Waals surface area (Å²) in [5.74, 6) is 0.762. The van der Waals surface area contributed by atoms with Crippen LogP contribution in [-0.2, 0) is 4.79 Å². The molecule has 2 atom stereocenters. The SMILES string of the molecule is Cl.O=C(CCCN1C(=O)c2cccc3cccc(c23)C1=O)N1C[C@H]2CNC[C@H]2C1. The maximum absolute atomic E-state index is 12.9. The summed E-state index contributed by atoms with van der Waals surface area (Å²) in [5, 5.41) is 5.02. The summed E-state index contributed by atoms with van der Waals surface area (Å²) in [7, 11) is 0. The smallest absolute Gasteiger partial charge is 0.261 e. The Morgan fingerprint density at radius 2 is 1.55 bits per heavy atom. The van der Waals surface area contributed by atoms with Crippen LogP contribution in [0.3, 0.4) is 0 Å². The molecule has 3 aliphatic heterocycles. The number of nitrogens with one attached hydrogen (secondary N) is 1. The van der Waals surface area contributed by atoms with Gasteiger partial charge >= 0.3 is 0 Å². The number of imide groups is 1. The Morgan fingerprint density at radius 3 is 2.14 bits per heavy atom. The topological polar surface area (TPSA) is 69.7 Å². The molecule has 2 fully saturated rings. The standard InChI is InChI=1S/C22H23N3O3.ClH/c26-19(24-12-15-10-23-11-16(15)13-24)8-3-9-25-21(27)17-6-1-4-14-5-2-7-18(20(14)17)22(25)28;/h1-2,4-7,15-16,23H,3,8-13H2;1H/t15-,16+;. The molecule has 0 radical (unpaired) electrons. The van der Waals surface area contributed by atoms with E-state index in [1.165, 1.54) is 4.90 Å². The molecule has 0 unspecified atom stereocenters. The molecule has 0 aliphatic carbocycles. The summed E-state index contributed by atoms with van der Waals surface area (Å²) in [6.07, 6.45) is 0.869. The summed E-state index contributed by atoms with van der Waals surface area (Å²) in [4.78, 5) is 41.6. The first-order valence-corrected chi connectivity index (χ1v) is 10.00. The Hall–Kier alpha value is -2.44. The zero-order chi connectivity index (χ0) is 19.3. The molecular formula is C22H24ClN3O3. The second kappa shape index (κ2) is 7.76. The van der Waals surface area contributed by atoms with Gasteiger partial charge in [-0.2, -0.15) is 0 Å². The summed E-state index contributed by atoms with van der Waals surface area (Å²) >= 11 is 0. The average Bonchev–Trinajstić information content (AvgIpc) is 3.30. The van der Waals surface area contributed by atoms with Gasteiger partial charge in [0.25, 0.3) is 11.8 Å². The molecule has 3 heterocycles. The number of rotatable bonds is 4. The zero-order valence-electron chi connectivity index (χ0n) is 16.1. The van der Waals surface area contributed by atoms with E-state index >= 15 is 0 Å². The van der Waals surface area contributed by atoms with Crippen LogP contribution in [-0.4, -0.2) is 60.2 Å². The fraction of sp³-hybridized carbons (Fsp3) is 0.409. The maximum Gasteiger partial charge on any atom is 0.261 e. The van der Waals surface area contributed by atoms with Crippen LogP contribution >= 0.6 is 12.4 Å². The molecular weight excluding hydrogens is 390 g/mol. The Morgan fingerprint density at radius 1 is 0.966 bits per heavy atom. The van der Waals surface area contributed by atoms with Gasteiger partial charge in [-0.05, 0) is 35.8 Å². The Balaban J connectivity index is 0.00000205. The molecule has 3 aliphatic rings. The van der Waals surface area contributed by atoms with Crippen LogP contribution in [0.1, 0.15) is 33.6 Å². The van der Waals surface area contributed by atoms with E-state index in [0.29, 0.717) is 35.8 Å². The van der Waals surface area contributed by atoms with Crippen LogP contribution in [0.4, 0.5) is 0 Å². The zero-order valence-corrected chi connectivity index (χ0v) is 16.9. The first-order valence-electron chi connectivity index (χ1n) is 10.00. The molecule has 7 heteroatoms.